The fourth-order valence-electron chi connectivity index (χ4n) is 3.87. The number of carbonyl (C=O) groups excluding carboxylic acids is 2. The maximum atomic E-state index is 15.0. The van der Waals surface area contributed by atoms with Crippen LogP contribution in [0, 0.1) is 17.6 Å². The predicted octanol–water partition coefficient (Wildman–Crippen LogP) is 1.98. The number of rotatable bonds is 4. The smallest absolute Gasteiger partial charge is 0.267 e. The maximum absolute atomic E-state index is 15.0. The SMILES string of the molecule is NC(=O)c1cc(N2CC[C@@H](C(=O)N3N=CC[C@@H]3c3cc(F)ccc3F)[C@@H](F)C2)ncn1. The Kier molecular flexibility index (Phi) is 5.57. The predicted molar refractivity (Wildman–Crippen MR) is 105 cm³/mol. The normalized spacial score (nSPS) is 23.3. The van der Waals surface area contributed by atoms with Crippen molar-refractivity contribution >= 4 is 23.8 Å². The largest absolute Gasteiger partial charge is 0.364 e. The van der Waals surface area contributed by atoms with Crippen molar-refractivity contribution in [2.24, 2.45) is 16.8 Å². The van der Waals surface area contributed by atoms with E-state index >= 15 is 4.39 Å². The van der Waals surface area contributed by atoms with Crippen LogP contribution in [0.25, 0.3) is 0 Å². The number of hydrogen-bond acceptors (Lipinski definition) is 6. The van der Waals surface area contributed by atoms with Gasteiger partial charge >= 0.3 is 0 Å². The molecular formula is C20H19F3N6O2. The van der Waals surface area contributed by atoms with E-state index in [9.17, 15) is 18.4 Å². The number of halogens is 3. The number of hydrogen-bond donors (Lipinski definition) is 1. The van der Waals surface area contributed by atoms with Crippen molar-refractivity contribution in [3.05, 3.63) is 53.5 Å². The molecule has 0 spiro atoms. The Morgan fingerprint density at radius 3 is 2.71 bits per heavy atom. The van der Waals surface area contributed by atoms with E-state index in [1.54, 1.807) is 4.90 Å². The number of anilines is 1. The van der Waals surface area contributed by atoms with Crippen molar-refractivity contribution in [2.75, 3.05) is 18.0 Å². The van der Waals surface area contributed by atoms with Gasteiger partial charge in [-0.05, 0) is 24.6 Å². The third-order valence-corrected chi connectivity index (χ3v) is 5.46. The fourth-order valence-corrected chi connectivity index (χ4v) is 3.87. The number of piperidine rings is 1. The molecule has 31 heavy (non-hydrogen) atoms. The van der Waals surface area contributed by atoms with E-state index in [0.717, 1.165) is 29.5 Å². The molecule has 1 aromatic heterocycles. The van der Waals surface area contributed by atoms with Gasteiger partial charge in [0.2, 0.25) is 5.91 Å². The topological polar surface area (TPSA) is 105 Å². The number of aromatic nitrogens is 2. The first-order valence-corrected chi connectivity index (χ1v) is 9.66. The first-order valence-electron chi connectivity index (χ1n) is 9.66. The van der Waals surface area contributed by atoms with Crippen LogP contribution >= 0.6 is 0 Å². The Labute approximate surface area is 175 Å². The zero-order valence-corrected chi connectivity index (χ0v) is 16.3. The quantitative estimate of drug-likeness (QED) is 0.796. The van der Waals surface area contributed by atoms with Gasteiger partial charge in [0.25, 0.3) is 5.91 Å². The van der Waals surface area contributed by atoms with Gasteiger partial charge in [-0.2, -0.15) is 5.10 Å². The van der Waals surface area contributed by atoms with Crippen LogP contribution in [0.5, 0.6) is 0 Å². The lowest BCUT2D eigenvalue weighted by atomic mass is 9.92. The summed E-state index contributed by atoms with van der Waals surface area (Å²) in [4.78, 5) is 33.7. The summed E-state index contributed by atoms with van der Waals surface area (Å²) in [7, 11) is 0. The van der Waals surface area contributed by atoms with E-state index in [1.807, 2.05) is 0 Å². The lowest BCUT2D eigenvalue weighted by Crippen LogP contribution is -2.48. The molecule has 11 heteroatoms. The highest BCUT2D eigenvalue weighted by Crippen LogP contribution is 2.34. The number of nitrogens with zero attached hydrogens (tertiary/aromatic N) is 5. The number of hydrazone groups is 1. The molecule has 0 saturated carbocycles. The van der Waals surface area contributed by atoms with Crippen LogP contribution in [0.1, 0.15) is 34.9 Å². The molecule has 1 aromatic carbocycles. The van der Waals surface area contributed by atoms with E-state index in [2.05, 4.69) is 15.1 Å². The molecule has 1 fully saturated rings. The highest BCUT2D eigenvalue weighted by atomic mass is 19.1. The molecule has 0 bridgehead atoms. The Morgan fingerprint density at radius 1 is 1.16 bits per heavy atom. The first kappa shape index (κ1) is 20.8. The van der Waals surface area contributed by atoms with E-state index in [1.165, 1.54) is 12.3 Å². The summed E-state index contributed by atoms with van der Waals surface area (Å²) in [6.07, 6.45) is 1.40. The molecule has 8 nitrogen and oxygen atoms in total. The summed E-state index contributed by atoms with van der Waals surface area (Å²) >= 11 is 0. The van der Waals surface area contributed by atoms with Crippen molar-refractivity contribution in [1.82, 2.24) is 15.0 Å². The minimum atomic E-state index is -1.55. The highest BCUT2D eigenvalue weighted by molar-refractivity contribution is 5.91. The van der Waals surface area contributed by atoms with Gasteiger partial charge in [-0.15, -0.1) is 0 Å². The van der Waals surface area contributed by atoms with Gasteiger partial charge in [-0.25, -0.2) is 28.1 Å². The molecule has 2 aromatic rings. The second kappa shape index (κ2) is 8.32. The number of benzene rings is 1. The minimum Gasteiger partial charge on any atom is -0.364 e. The van der Waals surface area contributed by atoms with Crippen molar-refractivity contribution < 1.29 is 22.8 Å². The molecule has 1 saturated heterocycles. The zero-order valence-electron chi connectivity index (χ0n) is 16.3. The minimum absolute atomic E-state index is 0.00124. The van der Waals surface area contributed by atoms with Crippen LogP contribution in [0.4, 0.5) is 19.0 Å². The lowest BCUT2D eigenvalue weighted by molar-refractivity contribution is -0.140. The van der Waals surface area contributed by atoms with Crippen molar-refractivity contribution in [3.63, 3.8) is 0 Å². The summed E-state index contributed by atoms with van der Waals surface area (Å²) in [5.41, 5.74) is 5.22. The van der Waals surface area contributed by atoms with Crippen LogP contribution in [0.2, 0.25) is 0 Å². The molecule has 0 aliphatic carbocycles. The molecule has 0 radical (unpaired) electrons. The zero-order chi connectivity index (χ0) is 22.1. The summed E-state index contributed by atoms with van der Waals surface area (Å²) in [6.45, 7) is 0.157. The summed E-state index contributed by atoms with van der Waals surface area (Å²) in [5.74, 6) is -3.27. The molecule has 4 rings (SSSR count). The third kappa shape index (κ3) is 4.07. The molecule has 2 amide bonds. The van der Waals surface area contributed by atoms with E-state index < -0.39 is 41.6 Å². The van der Waals surface area contributed by atoms with Gasteiger partial charge in [-0.1, -0.05) is 0 Å². The number of nitrogens with two attached hydrogens (primary N) is 1. The van der Waals surface area contributed by atoms with Crippen molar-refractivity contribution in [1.29, 1.82) is 0 Å². The van der Waals surface area contributed by atoms with Crippen molar-refractivity contribution in [2.45, 2.75) is 25.1 Å². The highest BCUT2D eigenvalue weighted by Gasteiger charge is 2.41. The van der Waals surface area contributed by atoms with Crippen LogP contribution in [-0.4, -0.2) is 52.3 Å². The summed E-state index contributed by atoms with van der Waals surface area (Å²) < 4.78 is 42.8. The molecule has 0 unspecified atom stereocenters. The van der Waals surface area contributed by atoms with Gasteiger partial charge < -0.3 is 10.6 Å². The Hall–Kier alpha value is -3.50. The monoisotopic (exact) mass is 432 g/mol. The van der Waals surface area contributed by atoms with Gasteiger partial charge in [-0.3, -0.25) is 9.59 Å². The second-order valence-electron chi connectivity index (χ2n) is 7.38. The van der Waals surface area contributed by atoms with E-state index in [0.29, 0.717) is 12.4 Å². The molecule has 162 valence electrons. The van der Waals surface area contributed by atoms with Gasteiger partial charge in [0.05, 0.1) is 18.5 Å². The molecule has 3 atom stereocenters. The number of amides is 2. The average molecular weight is 432 g/mol. The lowest BCUT2D eigenvalue weighted by Gasteiger charge is -2.36. The molecular weight excluding hydrogens is 413 g/mol. The first-order chi connectivity index (χ1) is 14.8. The molecule has 2 N–H and O–H groups in total. The number of alkyl halides is 1. The van der Waals surface area contributed by atoms with Crippen LogP contribution < -0.4 is 10.6 Å². The van der Waals surface area contributed by atoms with Crippen LogP contribution in [0.15, 0.2) is 35.7 Å². The van der Waals surface area contributed by atoms with E-state index in [4.69, 9.17) is 5.73 Å². The van der Waals surface area contributed by atoms with Crippen LogP contribution in [-0.2, 0) is 4.79 Å². The molecule has 2 aliphatic heterocycles. The van der Waals surface area contributed by atoms with E-state index in [-0.39, 0.29) is 30.6 Å². The fraction of sp³-hybridized carbons (Fsp3) is 0.350. The van der Waals surface area contributed by atoms with Gasteiger partial charge in [0.15, 0.2) is 0 Å². The van der Waals surface area contributed by atoms with Crippen LogP contribution in [0.3, 0.4) is 0 Å². The Bertz CT molecular complexity index is 1050. The maximum Gasteiger partial charge on any atom is 0.267 e. The molecule has 3 heterocycles. The summed E-state index contributed by atoms with van der Waals surface area (Å²) in [6, 6.07) is 3.55. The third-order valence-electron chi connectivity index (χ3n) is 5.46. The number of primary amides is 1. The Balaban J connectivity index is 1.49. The van der Waals surface area contributed by atoms with Crippen molar-refractivity contribution in [3.8, 4) is 0 Å². The molecule has 2 aliphatic rings. The van der Waals surface area contributed by atoms with Gasteiger partial charge in [0, 0.05) is 30.8 Å². The number of carbonyl (C=O) groups is 2. The summed E-state index contributed by atoms with van der Waals surface area (Å²) in [5, 5.41) is 5.04. The standard InChI is InChI=1S/C20H19F3N6O2/c21-11-1-2-14(22)13(7-11)17-3-5-27-29(17)20(31)12-4-6-28(9-15(12)23)18-8-16(19(24)30)25-10-26-18/h1-2,5,7-8,10,12,15,17H,3-4,6,9H2,(H2,24,30)/t12-,15+,17-/m1/s1. The average Bonchev–Trinajstić information content (AvgIpc) is 3.24. The second-order valence-corrected chi connectivity index (χ2v) is 7.38. The Morgan fingerprint density at radius 2 is 1.97 bits per heavy atom. The van der Waals surface area contributed by atoms with Gasteiger partial charge in [0.1, 0.15) is 35.6 Å².